The molecule has 0 N–H and O–H groups in total. The first kappa shape index (κ1) is 14.3. The highest BCUT2D eigenvalue weighted by atomic mass is 127. The maximum atomic E-state index is 5.71. The summed E-state index contributed by atoms with van der Waals surface area (Å²) in [4.78, 5) is 0. The lowest BCUT2D eigenvalue weighted by molar-refractivity contribution is 0.304. The molecule has 0 atom stereocenters. The van der Waals surface area contributed by atoms with E-state index in [0.29, 0.717) is 0 Å². The number of benzene rings is 1. The highest BCUT2D eigenvalue weighted by Crippen LogP contribution is 2.22. The van der Waals surface area contributed by atoms with Gasteiger partial charge in [0.15, 0.2) is 0 Å². The van der Waals surface area contributed by atoms with Crippen LogP contribution in [-0.4, -0.2) is 6.61 Å². The van der Waals surface area contributed by atoms with Crippen LogP contribution < -0.4 is 4.74 Å². The molecule has 0 radical (unpaired) electrons. The van der Waals surface area contributed by atoms with Gasteiger partial charge in [0.25, 0.3) is 0 Å². The van der Waals surface area contributed by atoms with E-state index in [2.05, 4.69) is 57.6 Å². The third-order valence-corrected chi connectivity index (χ3v) is 3.43. The van der Waals surface area contributed by atoms with Crippen LogP contribution in [0.3, 0.4) is 0 Å². The third kappa shape index (κ3) is 6.09. The fourth-order valence-corrected chi connectivity index (χ4v) is 3.05. The Morgan fingerprint density at radius 2 is 1.88 bits per heavy atom. The fourth-order valence-electron chi connectivity index (χ4n) is 1.51. The lowest BCUT2D eigenvalue weighted by atomic mass is 10.2. The van der Waals surface area contributed by atoms with Crippen LogP contribution in [0.4, 0.5) is 0 Å². The van der Waals surface area contributed by atoms with Crippen LogP contribution in [0.1, 0.15) is 39.0 Å². The third-order valence-electron chi connectivity index (χ3n) is 2.35. The van der Waals surface area contributed by atoms with Gasteiger partial charge >= 0.3 is 0 Å². The smallest absolute Gasteiger partial charge is 0.121 e. The van der Waals surface area contributed by atoms with Crippen LogP contribution in [0.2, 0.25) is 0 Å². The second-order valence-corrected chi connectivity index (χ2v) is 6.03. The van der Waals surface area contributed by atoms with E-state index in [0.717, 1.165) is 23.2 Å². The van der Waals surface area contributed by atoms with Gasteiger partial charge in [-0.25, -0.2) is 0 Å². The Morgan fingerprint density at radius 3 is 2.56 bits per heavy atom. The van der Waals surface area contributed by atoms with Crippen LogP contribution >= 0.6 is 38.5 Å². The van der Waals surface area contributed by atoms with Crippen LogP contribution in [0.5, 0.6) is 5.75 Å². The summed E-state index contributed by atoms with van der Waals surface area (Å²) in [6.07, 6.45) is 6.40. The first-order valence-electron chi connectivity index (χ1n) is 5.81. The molecular weight excluding hydrogens is 379 g/mol. The highest BCUT2D eigenvalue weighted by molar-refractivity contribution is 14.1. The van der Waals surface area contributed by atoms with E-state index < -0.39 is 0 Å². The fraction of sp³-hybridized carbons (Fsp3) is 0.538. The van der Waals surface area contributed by atoms with Crippen LogP contribution in [0.15, 0.2) is 22.7 Å². The minimum atomic E-state index is 0.830. The standard InChI is InChI=1S/C13H18BrIO/c1-2-3-4-5-6-7-16-13-9-11(14)8-12(15)10-13/h8-10H,2-7H2,1H3. The lowest BCUT2D eigenvalue weighted by Crippen LogP contribution is -1.97. The van der Waals surface area contributed by atoms with E-state index in [-0.39, 0.29) is 0 Å². The Kier molecular flexibility index (Phi) is 7.45. The molecular formula is C13H18BrIO. The van der Waals surface area contributed by atoms with Crippen molar-refractivity contribution in [3.63, 3.8) is 0 Å². The molecule has 0 amide bonds. The second-order valence-electron chi connectivity index (χ2n) is 3.87. The summed E-state index contributed by atoms with van der Waals surface area (Å²) < 4.78 is 8.00. The van der Waals surface area contributed by atoms with Gasteiger partial charge in [-0.05, 0) is 47.2 Å². The summed E-state index contributed by atoms with van der Waals surface area (Å²) in [6, 6.07) is 6.17. The van der Waals surface area contributed by atoms with E-state index in [4.69, 9.17) is 4.74 Å². The van der Waals surface area contributed by atoms with E-state index in [9.17, 15) is 0 Å². The maximum absolute atomic E-state index is 5.71. The normalized spacial score (nSPS) is 10.4. The van der Waals surface area contributed by atoms with Crippen LogP contribution in [0, 0.1) is 3.57 Å². The second kappa shape index (κ2) is 8.34. The molecule has 1 nitrogen and oxygen atoms in total. The predicted octanol–water partition coefficient (Wildman–Crippen LogP) is 5.40. The van der Waals surface area contributed by atoms with Crippen LogP contribution in [-0.2, 0) is 0 Å². The molecule has 0 aliphatic rings. The Labute approximate surface area is 120 Å². The number of rotatable bonds is 7. The number of halogens is 2. The van der Waals surface area contributed by atoms with Gasteiger partial charge in [-0.2, -0.15) is 0 Å². The van der Waals surface area contributed by atoms with Crippen molar-refractivity contribution in [3.05, 3.63) is 26.2 Å². The van der Waals surface area contributed by atoms with Crippen molar-refractivity contribution < 1.29 is 4.74 Å². The topological polar surface area (TPSA) is 9.23 Å². The molecule has 0 spiro atoms. The maximum Gasteiger partial charge on any atom is 0.121 e. The first-order valence-corrected chi connectivity index (χ1v) is 7.68. The zero-order valence-corrected chi connectivity index (χ0v) is 13.4. The van der Waals surface area contributed by atoms with Gasteiger partial charge in [-0.15, -0.1) is 0 Å². The van der Waals surface area contributed by atoms with Gasteiger partial charge in [-0.3, -0.25) is 0 Å². The molecule has 0 fully saturated rings. The average Bonchev–Trinajstić information content (AvgIpc) is 2.22. The summed E-state index contributed by atoms with van der Waals surface area (Å²) in [6.45, 7) is 3.07. The molecule has 90 valence electrons. The molecule has 1 aromatic rings. The minimum absolute atomic E-state index is 0.830. The number of ether oxygens (including phenoxy) is 1. The van der Waals surface area contributed by atoms with Crippen molar-refractivity contribution in [1.82, 2.24) is 0 Å². The largest absolute Gasteiger partial charge is 0.494 e. The summed E-state index contributed by atoms with van der Waals surface area (Å²) in [5.74, 6) is 0.967. The summed E-state index contributed by atoms with van der Waals surface area (Å²) >= 11 is 5.77. The van der Waals surface area contributed by atoms with Gasteiger partial charge in [0.2, 0.25) is 0 Å². The van der Waals surface area contributed by atoms with Gasteiger partial charge in [0.05, 0.1) is 6.61 Å². The molecule has 1 rings (SSSR count). The van der Waals surface area contributed by atoms with Crippen molar-refractivity contribution in [2.75, 3.05) is 6.61 Å². The van der Waals surface area contributed by atoms with E-state index in [1.165, 1.54) is 29.3 Å². The highest BCUT2D eigenvalue weighted by Gasteiger charge is 1.98. The van der Waals surface area contributed by atoms with Gasteiger partial charge in [-0.1, -0.05) is 48.5 Å². The van der Waals surface area contributed by atoms with Crippen molar-refractivity contribution in [2.45, 2.75) is 39.0 Å². The molecule has 0 saturated carbocycles. The molecule has 0 unspecified atom stereocenters. The van der Waals surface area contributed by atoms with Crippen molar-refractivity contribution in [3.8, 4) is 5.75 Å². The molecule has 3 heteroatoms. The molecule has 1 aromatic carbocycles. The van der Waals surface area contributed by atoms with E-state index in [1.807, 2.05) is 6.07 Å². The monoisotopic (exact) mass is 396 g/mol. The van der Waals surface area contributed by atoms with Gasteiger partial charge in [0, 0.05) is 8.04 Å². The molecule has 16 heavy (non-hydrogen) atoms. The zero-order valence-electron chi connectivity index (χ0n) is 9.64. The molecule has 0 saturated heterocycles. The van der Waals surface area contributed by atoms with E-state index in [1.54, 1.807) is 0 Å². The molecule has 0 aromatic heterocycles. The predicted molar refractivity (Wildman–Crippen MR) is 81.1 cm³/mol. The van der Waals surface area contributed by atoms with Crippen molar-refractivity contribution in [2.24, 2.45) is 0 Å². The van der Waals surface area contributed by atoms with E-state index >= 15 is 0 Å². The Bertz CT molecular complexity index is 295. The van der Waals surface area contributed by atoms with Crippen LogP contribution in [0.25, 0.3) is 0 Å². The average molecular weight is 397 g/mol. The molecule has 0 aliphatic carbocycles. The molecule has 0 heterocycles. The minimum Gasteiger partial charge on any atom is -0.494 e. The zero-order chi connectivity index (χ0) is 11.8. The summed E-state index contributed by atoms with van der Waals surface area (Å²) in [5.41, 5.74) is 0. The Balaban J connectivity index is 2.21. The lowest BCUT2D eigenvalue weighted by Gasteiger charge is -2.07. The Morgan fingerprint density at radius 1 is 1.12 bits per heavy atom. The van der Waals surface area contributed by atoms with Gasteiger partial charge < -0.3 is 4.74 Å². The summed E-state index contributed by atoms with van der Waals surface area (Å²) in [7, 11) is 0. The summed E-state index contributed by atoms with van der Waals surface area (Å²) in [5, 5.41) is 0. The van der Waals surface area contributed by atoms with Crippen molar-refractivity contribution >= 4 is 38.5 Å². The quantitative estimate of drug-likeness (QED) is 0.442. The van der Waals surface area contributed by atoms with Crippen molar-refractivity contribution in [1.29, 1.82) is 0 Å². The molecule has 0 bridgehead atoms. The van der Waals surface area contributed by atoms with Gasteiger partial charge in [0.1, 0.15) is 5.75 Å². The SMILES string of the molecule is CCCCCCCOc1cc(Br)cc(I)c1. The first-order chi connectivity index (χ1) is 7.72. The number of hydrogen-bond donors (Lipinski definition) is 0. The molecule has 0 aliphatic heterocycles. The Hall–Kier alpha value is 0.230. The number of unbranched alkanes of at least 4 members (excludes halogenated alkanes) is 4. The number of hydrogen-bond acceptors (Lipinski definition) is 1.